The third kappa shape index (κ3) is 6.56. The Balaban J connectivity index is 2.84. The molecule has 0 amide bonds. The predicted molar refractivity (Wildman–Crippen MR) is 105 cm³/mol. The Kier molecular flexibility index (Phi) is 8.61. The number of rotatable bonds is 7. The van der Waals surface area contributed by atoms with E-state index in [0.717, 1.165) is 19.3 Å². The summed E-state index contributed by atoms with van der Waals surface area (Å²) in [5.41, 5.74) is 5.34. The molecule has 2 unspecified atom stereocenters. The first-order valence-electron chi connectivity index (χ1n) is 8.95. The molecule has 0 aliphatic heterocycles. The lowest BCUT2D eigenvalue weighted by molar-refractivity contribution is 0.624. The Hall–Kier alpha value is -1.63. The van der Waals surface area contributed by atoms with Gasteiger partial charge in [-0.25, -0.2) is 0 Å². The van der Waals surface area contributed by atoms with Gasteiger partial charge in [0.15, 0.2) is 0 Å². The van der Waals surface area contributed by atoms with Crippen LogP contribution in [0.1, 0.15) is 60.8 Å². The average molecular weight is 312 g/mol. The zero-order valence-corrected chi connectivity index (χ0v) is 15.8. The van der Waals surface area contributed by atoms with Crippen LogP contribution < -0.4 is 0 Å². The van der Waals surface area contributed by atoms with Crippen LogP contribution in [-0.4, -0.2) is 12.3 Å². The minimum Gasteiger partial charge on any atom is -0.285 e. The van der Waals surface area contributed by atoms with Gasteiger partial charge in [-0.1, -0.05) is 69.2 Å². The van der Waals surface area contributed by atoms with Crippen molar-refractivity contribution in [1.82, 2.24) is 0 Å². The first-order chi connectivity index (χ1) is 11.0. The summed E-state index contributed by atoms with van der Waals surface area (Å²) in [6.07, 6.45) is 18.9. The van der Waals surface area contributed by atoms with E-state index in [-0.39, 0.29) is 6.04 Å². The van der Waals surface area contributed by atoms with Gasteiger partial charge >= 0.3 is 0 Å². The van der Waals surface area contributed by atoms with Crippen molar-refractivity contribution < 1.29 is 0 Å². The molecule has 0 radical (unpaired) electrons. The quantitative estimate of drug-likeness (QED) is 0.370. The van der Waals surface area contributed by atoms with Crippen molar-refractivity contribution in [2.75, 3.05) is 0 Å². The minimum absolute atomic E-state index is 0.249. The van der Waals surface area contributed by atoms with E-state index >= 15 is 0 Å². The molecule has 0 heterocycles. The Bertz CT molecular complexity index is 553. The molecule has 0 N–H and O–H groups in total. The van der Waals surface area contributed by atoms with Crippen LogP contribution in [0.5, 0.6) is 0 Å². The molecular weight excluding hydrogens is 278 g/mol. The molecule has 0 aromatic carbocycles. The third-order valence-electron chi connectivity index (χ3n) is 4.24. The highest BCUT2D eigenvalue weighted by Crippen LogP contribution is 2.24. The van der Waals surface area contributed by atoms with Crippen LogP contribution in [0.4, 0.5) is 0 Å². The second kappa shape index (κ2) is 10.2. The van der Waals surface area contributed by atoms with Gasteiger partial charge in [-0.2, -0.15) is 0 Å². The van der Waals surface area contributed by atoms with Gasteiger partial charge < -0.3 is 0 Å². The fourth-order valence-electron chi connectivity index (χ4n) is 2.71. The molecule has 1 nitrogen and oxygen atoms in total. The maximum absolute atomic E-state index is 4.84. The van der Waals surface area contributed by atoms with E-state index in [1.54, 1.807) is 0 Å². The number of hydrogen-bond acceptors (Lipinski definition) is 1. The number of aliphatic imine (C=N–C) groups is 1. The lowest BCUT2D eigenvalue weighted by Crippen LogP contribution is -2.15. The van der Waals surface area contributed by atoms with E-state index in [1.165, 1.54) is 22.3 Å². The van der Waals surface area contributed by atoms with Crippen molar-refractivity contribution in [1.29, 1.82) is 0 Å². The minimum atomic E-state index is 0.249. The molecule has 1 aliphatic rings. The normalized spacial score (nSPS) is 23.6. The van der Waals surface area contributed by atoms with Crippen molar-refractivity contribution in [2.45, 2.75) is 66.8 Å². The summed E-state index contributed by atoms with van der Waals surface area (Å²) in [6, 6.07) is 0.249. The summed E-state index contributed by atoms with van der Waals surface area (Å²) < 4.78 is 0. The SMILES string of the molecule is C/C=C(C)\C=C(\C=NC1C=CC(/C(C)=C\CC)=CC1C)CCC. The monoisotopic (exact) mass is 311 g/mol. The lowest BCUT2D eigenvalue weighted by Gasteiger charge is -2.20. The molecule has 1 rings (SSSR count). The van der Waals surface area contributed by atoms with Crippen molar-refractivity contribution in [3.8, 4) is 0 Å². The van der Waals surface area contributed by atoms with Crippen molar-refractivity contribution in [2.24, 2.45) is 10.9 Å². The summed E-state index contributed by atoms with van der Waals surface area (Å²) in [4.78, 5) is 4.84. The maximum Gasteiger partial charge on any atom is 0.0743 e. The van der Waals surface area contributed by atoms with Crippen LogP contribution in [0.3, 0.4) is 0 Å². The molecule has 1 heteroatoms. The Labute approximate surface area is 143 Å². The number of nitrogens with zero attached hydrogens (tertiary/aromatic N) is 1. The predicted octanol–water partition coefficient (Wildman–Crippen LogP) is 6.61. The van der Waals surface area contributed by atoms with Crippen LogP contribution in [0.2, 0.25) is 0 Å². The van der Waals surface area contributed by atoms with Gasteiger partial charge in [-0.05, 0) is 50.3 Å². The molecule has 23 heavy (non-hydrogen) atoms. The second-order valence-corrected chi connectivity index (χ2v) is 6.41. The van der Waals surface area contributed by atoms with Gasteiger partial charge in [0.1, 0.15) is 0 Å². The van der Waals surface area contributed by atoms with Gasteiger partial charge in [-0.15, -0.1) is 0 Å². The van der Waals surface area contributed by atoms with E-state index in [0.29, 0.717) is 5.92 Å². The lowest BCUT2D eigenvalue weighted by atomic mass is 9.90. The summed E-state index contributed by atoms with van der Waals surface area (Å²) in [6.45, 7) is 13.1. The fourth-order valence-corrected chi connectivity index (χ4v) is 2.71. The molecule has 0 saturated heterocycles. The first-order valence-corrected chi connectivity index (χ1v) is 8.95. The van der Waals surface area contributed by atoms with Gasteiger partial charge in [0.2, 0.25) is 0 Å². The molecule has 0 fully saturated rings. The Morgan fingerprint density at radius 1 is 1.26 bits per heavy atom. The largest absolute Gasteiger partial charge is 0.285 e. The molecular formula is C22H33N. The zero-order chi connectivity index (χ0) is 17.2. The molecule has 0 aromatic heterocycles. The van der Waals surface area contributed by atoms with Crippen LogP contribution in [0.25, 0.3) is 0 Å². The van der Waals surface area contributed by atoms with Gasteiger partial charge in [-0.3, -0.25) is 4.99 Å². The van der Waals surface area contributed by atoms with Crippen LogP contribution in [-0.2, 0) is 0 Å². The molecule has 1 aliphatic carbocycles. The van der Waals surface area contributed by atoms with E-state index in [9.17, 15) is 0 Å². The molecule has 0 saturated carbocycles. The van der Waals surface area contributed by atoms with Crippen LogP contribution in [0, 0.1) is 5.92 Å². The Morgan fingerprint density at radius 3 is 2.57 bits per heavy atom. The van der Waals surface area contributed by atoms with E-state index in [2.05, 4.69) is 84.2 Å². The third-order valence-corrected chi connectivity index (χ3v) is 4.24. The average Bonchev–Trinajstić information content (AvgIpc) is 2.53. The van der Waals surface area contributed by atoms with Crippen LogP contribution in [0.15, 0.2) is 63.7 Å². The standard InChI is InChI=1S/C22H33N/c1-7-10-18(5)21-12-13-22(19(6)15-21)23-16-20(11-8-2)14-17(4)9-3/h9-10,12-16,19,22H,7-8,11H2,1-6H3/b17-9-,18-10-,20-14+,23-16?. The van der Waals surface area contributed by atoms with E-state index in [1.807, 2.05) is 0 Å². The summed E-state index contributed by atoms with van der Waals surface area (Å²) in [5.74, 6) is 0.442. The second-order valence-electron chi connectivity index (χ2n) is 6.41. The molecule has 2 atom stereocenters. The topological polar surface area (TPSA) is 12.4 Å². The fraction of sp³-hybridized carbons (Fsp3) is 0.500. The molecule has 0 aromatic rings. The molecule has 0 bridgehead atoms. The van der Waals surface area contributed by atoms with Gasteiger partial charge in [0.05, 0.1) is 6.04 Å². The van der Waals surface area contributed by atoms with Gasteiger partial charge in [0, 0.05) is 12.1 Å². The van der Waals surface area contributed by atoms with E-state index < -0.39 is 0 Å². The van der Waals surface area contributed by atoms with Crippen molar-refractivity contribution in [3.63, 3.8) is 0 Å². The first kappa shape index (κ1) is 19.4. The summed E-state index contributed by atoms with van der Waals surface area (Å²) in [5, 5.41) is 0. The van der Waals surface area contributed by atoms with E-state index in [4.69, 9.17) is 4.99 Å². The highest BCUT2D eigenvalue weighted by molar-refractivity contribution is 5.79. The van der Waals surface area contributed by atoms with Gasteiger partial charge in [0.25, 0.3) is 0 Å². The summed E-state index contributed by atoms with van der Waals surface area (Å²) >= 11 is 0. The van der Waals surface area contributed by atoms with Crippen molar-refractivity contribution >= 4 is 6.21 Å². The summed E-state index contributed by atoms with van der Waals surface area (Å²) in [7, 11) is 0. The maximum atomic E-state index is 4.84. The smallest absolute Gasteiger partial charge is 0.0743 e. The molecule has 0 spiro atoms. The van der Waals surface area contributed by atoms with Crippen molar-refractivity contribution in [3.05, 3.63) is 58.7 Å². The Morgan fingerprint density at radius 2 is 2.00 bits per heavy atom. The highest BCUT2D eigenvalue weighted by atomic mass is 14.8. The zero-order valence-electron chi connectivity index (χ0n) is 15.8. The number of hydrogen-bond donors (Lipinski definition) is 0. The number of allylic oxidation sites excluding steroid dienone is 8. The van der Waals surface area contributed by atoms with Crippen LogP contribution >= 0.6 is 0 Å². The highest BCUT2D eigenvalue weighted by Gasteiger charge is 2.15. The molecule has 126 valence electrons.